The van der Waals surface area contributed by atoms with E-state index in [0.717, 1.165) is 9.91 Å². The molecule has 0 aromatic heterocycles. The van der Waals surface area contributed by atoms with Gasteiger partial charge >= 0.3 is 12.0 Å². The first-order valence-electron chi connectivity index (χ1n) is 11.5. The number of esters is 1. The zero-order valence-electron chi connectivity index (χ0n) is 19.9. The molecular weight excluding hydrogens is 476 g/mol. The normalized spacial score (nSPS) is 15.2. The Kier molecular flexibility index (Phi) is 7.58. The van der Waals surface area contributed by atoms with Crippen molar-refractivity contribution in [3.05, 3.63) is 96.1 Å². The summed E-state index contributed by atoms with van der Waals surface area (Å²) in [6.07, 6.45) is -0.373. The van der Waals surface area contributed by atoms with Gasteiger partial charge in [-0.25, -0.2) is 19.5 Å². The fraction of sp³-hybridized carbons (Fsp3) is 0.148. The minimum absolute atomic E-state index is 0.228. The van der Waals surface area contributed by atoms with Gasteiger partial charge in [-0.1, -0.05) is 36.4 Å². The highest BCUT2D eigenvalue weighted by molar-refractivity contribution is 6.19. The number of carbonyl (C=O) groups is 5. The number of carbonyl (C=O) groups excluding carboxylic acids is 5. The maximum Gasteiger partial charge on any atom is 0.350 e. The van der Waals surface area contributed by atoms with Crippen LogP contribution in [0.25, 0.3) is 0 Å². The number of hydrazine groups is 1. The van der Waals surface area contributed by atoms with Gasteiger partial charge in [-0.15, -0.1) is 0 Å². The lowest BCUT2D eigenvalue weighted by molar-refractivity contribution is -0.128. The summed E-state index contributed by atoms with van der Waals surface area (Å²) in [7, 11) is 0. The molecule has 10 nitrogen and oxygen atoms in total. The summed E-state index contributed by atoms with van der Waals surface area (Å²) in [4.78, 5) is 65.3. The molecule has 3 aromatic rings. The van der Waals surface area contributed by atoms with E-state index in [1.54, 1.807) is 67.6 Å². The Bertz CT molecular complexity index is 1310. The quantitative estimate of drug-likeness (QED) is 0.479. The average Bonchev–Trinajstić information content (AvgIpc) is 2.91. The lowest BCUT2D eigenvalue weighted by Gasteiger charge is -2.38. The molecule has 10 heteroatoms. The highest BCUT2D eigenvalue weighted by Gasteiger charge is 2.44. The molecule has 37 heavy (non-hydrogen) atoms. The Morgan fingerprint density at radius 3 is 2.11 bits per heavy atom. The SMILES string of the molecule is CCOC(=O)c1ccc(NC(=O)C2CC(=O)N(c3ccccc3)C(=O)N2NC(=O)c2ccccc2)cc1. The first-order valence-corrected chi connectivity index (χ1v) is 11.5. The van der Waals surface area contributed by atoms with Gasteiger partial charge < -0.3 is 10.1 Å². The Hall–Kier alpha value is -4.99. The summed E-state index contributed by atoms with van der Waals surface area (Å²) in [6.45, 7) is 1.92. The minimum Gasteiger partial charge on any atom is -0.462 e. The summed E-state index contributed by atoms with van der Waals surface area (Å²) in [6, 6.07) is 20.2. The number of hydrogen-bond acceptors (Lipinski definition) is 6. The first kappa shape index (κ1) is 25.1. The molecule has 1 aliphatic rings. The molecule has 0 radical (unpaired) electrons. The molecule has 0 spiro atoms. The highest BCUT2D eigenvalue weighted by atomic mass is 16.5. The van der Waals surface area contributed by atoms with E-state index in [4.69, 9.17) is 4.74 Å². The fourth-order valence-corrected chi connectivity index (χ4v) is 3.76. The van der Waals surface area contributed by atoms with Gasteiger partial charge in [-0.2, -0.15) is 0 Å². The number of urea groups is 1. The molecule has 0 aliphatic carbocycles. The highest BCUT2D eigenvalue weighted by Crippen LogP contribution is 2.24. The Labute approximate surface area is 212 Å². The van der Waals surface area contributed by atoms with Crippen LogP contribution in [0.4, 0.5) is 16.2 Å². The third kappa shape index (κ3) is 5.64. The predicted octanol–water partition coefficient (Wildman–Crippen LogP) is 3.37. The number of imide groups is 1. The second-order valence-electron chi connectivity index (χ2n) is 8.03. The van der Waals surface area contributed by atoms with Crippen molar-refractivity contribution in [2.24, 2.45) is 0 Å². The van der Waals surface area contributed by atoms with Crippen molar-refractivity contribution in [1.29, 1.82) is 0 Å². The molecule has 3 aromatic carbocycles. The van der Waals surface area contributed by atoms with E-state index in [0.29, 0.717) is 16.9 Å². The van der Waals surface area contributed by atoms with E-state index < -0.39 is 35.8 Å². The van der Waals surface area contributed by atoms with Crippen LogP contribution in [0.15, 0.2) is 84.9 Å². The average molecular weight is 501 g/mol. The smallest absolute Gasteiger partial charge is 0.350 e. The van der Waals surface area contributed by atoms with E-state index in [9.17, 15) is 24.0 Å². The maximum absolute atomic E-state index is 13.4. The number of rotatable bonds is 7. The topological polar surface area (TPSA) is 125 Å². The summed E-state index contributed by atoms with van der Waals surface area (Å²) in [5, 5.41) is 3.51. The molecule has 1 saturated heterocycles. The van der Waals surface area contributed by atoms with Crippen LogP contribution in [0, 0.1) is 0 Å². The second kappa shape index (κ2) is 11.2. The van der Waals surface area contributed by atoms with E-state index in [-0.39, 0.29) is 18.6 Å². The van der Waals surface area contributed by atoms with Gasteiger partial charge in [0.2, 0.25) is 11.8 Å². The third-order valence-electron chi connectivity index (χ3n) is 5.57. The zero-order valence-corrected chi connectivity index (χ0v) is 19.9. The van der Waals surface area contributed by atoms with Crippen molar-refractivity contribution in [3.8, 4) is 0 Å². The Balaban J connectivity index is 1.59. The number of nitrogens with zero attached hydrogens (tertiary/aromatic N) is 2. The fourth-order valence-electron chi connectivity index (χ4n) is 3.76. The van der Waals surface area contributed by atoms with Crippen LogP contribution in [0.5, 0.6) is 0 Å². The van der Waals surface area contributed by atoms with E-state index in [1.807, 2.05) is 0 Å². The van der Waals surface area contributed by atoms with Gasteiger partial charge in [0.15, 0.2) is 0 Å². The molecule has 1 unspecified atom stereocenters. The van der Waals surface area contributed by atoms with Crippen molar-refractivity contribution in [2.75, 3.05) is 16.8 Å². The Morgan fingerprint density at radius 2 is 1.49 bits per heavy atom. The molecule has 2 N–H and O–H groups in total. The van der Waals surface area contributed by atoms with Crippen molar-refractivity contribution < 1.29 is 28.7 Å². The van der Waals surface area contributed by atoms with Crippen LogP contribution >= 0.6 is 0 Å². The lowest BCUT2D eigenvalue weighted by Crippen LogP contribution is -2.65. The van der Waals surface area contributed by atoms with Crippen LogP contribution < -0.4 is 15.6 Å². The summed E-state index contributed by atoms with van der Waals surface area (Å²) >= 11 is 0. The van der Waals surface area contributed by atoms with Crippen molar-refractivity contribution in [3.63, 3.8) is 0 Å². The zero-order chi connectivity index (χ0) is 26.4. The standard InChI is InChI=1S/C27H24N4O6/c1-2-37-26(35)19-13-15-20(16-14-19)28-25(34)22-17-23(32)30(21-11-7-4-8-12-21)27(36)31(22)29-24(33)18-9-5-3-6-10-18/h3-16,22H,2,17H2,1H3,(H,28,34)(H,29,33). The van der Waals surface area contributed by atoms with Crippen LogP contribution in [-0.4, -0.2) is 47.4 Å². The van der Waals surface area contributed by atoms with Gasteiger partial charge in [0.1, 0.15) is 6.04 Å². The molecule has 0 saturated carbocycles. The largest absolute Gasteiger partial charge is 0.462 e. The predicted molar refractivity (Wildman–Crippen MR) is 135 cm³/mol. The van der Waals surface area contributed by atoms with Crippen LogP contribution in [-0.2, 0) is 14.3 Å². The number of para-hydroxylation sites is 1. The van der Waals surface area contributed by atoms with Crippen molar-refractivity contribution in [1.82, 2.24) is 10.4 Å². The minimum atomic E-state index is -1.32. The summed E-state index contributed by atoms with van der Waals surface area (Å²) in [5.41, 5.74) is 3.70. The van der Waals surface area contributed by atoms with Gasteiger partial charge in [-0.3, -0.25) is 19.8 Å². The molecule has 1 heterocycles. The van der Waals surface area contributed by atoms with E-state index in [2.05, 4.69) is 10.7 Å². The van der Waals surface area contributed by atoms with Gasteiger partial charge in [0, 0.05) is 11.3 Å². The van der Waals surface area contributed by atoms with Crippen molar-refractivity contribution >= 4 is 41.1 Å². The number of amides is 5. The van der Waals surface area contributed by atoms with Crippen LogP contribution in [0.2, 0.25) is 0 Å². The number of benzene rings is 3. The first-order chi connectivity index (χ1) is 17.9. The molecule has 1 aliphatic heterocycles. The monoisotopic (exact) mass is 500 g/mol. The van der Waals surface area contributed by atoms with E-state index >= 15 is 0 Å². The van der Waals surface area contributed by atoms with Gasteiger partial charge in [0.25, 0.3) is 5.91 Å². The van der Waals surface area contributed by atoms with Gasteiger partial charge in [-0.05, 0) is 55.5 Å². The van der Waals surface area contributed by atoms with E-state index in [1.165, 1.54) is 24.3 Å². The van der Waals surface area contributed by atoms with Crippen LogP contribution in [0.1, 0.15) is 34.1 Å². The number of hydrogen-bond donors (Lipinski definition) is 2. The second-order valence-corrected chi connectivity index (χ2v) is 8.03. The molecule has 1 atom stereocenters. The van der Waals surface area contributed by atoms with Crippen molar-refractivity contribution in [2.45, 2.75) is 19.4 Å². The molecule has 0 bridgehead atoms. The maximum atomic E-state index is 13.4. The number of nitrogens with one attached hydrogen (secondary N) is 2. The van der Waals surface area contributed by atoms with Crippen LogP contribution in [0.3, 0.4) is 0 Å². The summed E-state index contributed by atoms with van der Waals surface area (Å²) in [5.74, 6) is -2.40. The molecule has 188 valence electrons. The molecule has 5 amide bonds. The molecule has 4 rings (SSSR count). The number of ether oxygens (including phenoxy) is 1. The number of anilines is 2. The lowest BCUT2D eigenvalue weighted by atomic mass is 10.1. The Morgan fingerprint density at radius 1 is 0.865 bits per heavy atom. The van der Waals surface area contributed by atoms with Gasteiger partial charge in [0.05, 0.1) is 24.3 Å². The third-order valence-corrected chi connectivity index (χ3v) is 5.57. The molecular formula is C27H24N4O6. The molecule has 1 fully saturated rings. The summed E-state index contributed by atoms with van der Waals surface area (Å²) < 4.78 is 4.95.